The second-order valence-electron chi connectivity index (χ2n) is 5.94. The van der Waals surface area contributed by atoms with E-state index in [1.54, 1.807) is 0 Å². The Balaban J connectivity index is 0.00000208. The zero-order valence-corrected chi connectivity index (χ0v) is 15.8. The van der Waals surface area contributed by atoms with Crippen LogP contribution in [0.2, 0.25) is 0 Å². The number of amides is 1. The summed E-state index contributed by atoms with van der Waals surface area (Å²) in [7, 11) is 0. The minimum Gasteiger partial charge on any atom is -0.324 e. The Bertz CT molecular complexity index is 655. The van der Waals surface area contributed by atoms with Gasteiger partial charge in [0.1, 0.15) is 0 Å². The highest BCUT2D eigenvalue weighted by atomic mass is 35.5. The predicted octanol–water partition coefficient (Wildman–Crippen LogP) is 4.43. The van der Waals surface area contributed by atoms with E-state index in [-0.39, 0.29) is 18.3 Å². The van der Waals surface area contributed by atoms with Crippen LogP contribution in [0.25, 0.3) is 0 Å². The quantitative estimate of drug-likeness (QED) is 0.839. The van der Waals surface area contributed by atoms with Gasteiger partial charge in [0.15, 0.2) is 5.17 Å². The van der Waals surface area contributed by atoms with Gasteiger partial charge >= 0.3 is 0 Å². The highest BCUT2D eigenvalue weighted by Crippen LogP contribution is 2.36. The maximum atomic E-state index is 12.6. The molecule has 0 radical (unpaired) electrons. The number of benzene rings is 1. The maximum Gasteiger partial charge on any atom is 0.264 e. The zero-order valence-electron chi connectivity index (χ0n) is 14.2. The minimum absolute atomic E-state index is 0. The van der Waals surface area contributed by atoms with Crippen LogP contribution in [0.4, 0.5) is 5.69 Å². The number of rotatable bonds is 5. The number of allylic oxidation sites excluding steroid dienone is 1. The number of amidine groups is 1. The summed E-state index contributed by atoms with van der Waals surface area (Å²) in [5.41, 5.74) is 3.19. The summed E-state index contributed by atoms with van der Waals surface area (Å²) in [5, 5.41) is 3.97. The molecule has 2 heterocycles. The average Bonchev–Trinajstić information content (AvgIpc) is 2.92. The van der Waals surface area contributed by atoms with Crippen LogP contribution in [-0.2, 0) is 11.2 Å². The lowest BCUT2D eigenvalue weighted by atomic mass is 10.1. The fourth-order valence-electron chi connectivity index (χ4n) is 2.80. The van der Waals surface area contributed by atoms with Gasteiger partial charge in [0, 0.05) is 24.5 Å². The first-order valence-electron chi connectivity index (χ1n) is 8.30. The largest absolute Gasteiger partial charge is 0.324 e. The number of aliphatic imine (C=N–C) groups is 1. The van der Waals surface area contributed by atoms with E-state index < -0.39 is 0 Å². The molecule has 0 spiro atoms. The molecule has 0 saturated carbocycles. The SMILES string of the molecule is CCCCc1ccc(NC(=O)C2=C(C)N3CCCN=C3S2)cc1.Cl. The van der Waals surface area contributed by atoms with Crippen LogP contribution in [0, 0.1) is 0 Å². The van der Waals surface area contributed by atoms with Crippen molar-refractivity contribution in [3.05, 3.63) is 40.4 Å². The van der Waals surface area contributed by atoms with E-state index in [4.69, 9.17) is 0 Å². The molecule has 0 saturated heterocycles. The standard InChI is InChI=1S/C18H23N3OS.ClH/c1-3-4-6-14-7-9-15(10-8-14)20-17(22)16-13(2)21-12-5-11-19-18(21)23-16;/h7-10H,3-6,11-12H2,1-2H3,(H,20,22);1H. The van der Waals surface area contributed by atoms with Gasteiger partial charge in [-0.1, -0.05) is 25.5 Å². The highest BCUT2D eigenvalue weighted by Gasteiger charge is 2.31. The number of carbonyl (C=O) groups is 1. The molecule has 2 aliphatic heterocycles. The Kier molecular flexibility index (Phi) is 6.75. The first-order valence-corrected chi connectivity index (χ1v) is 9.11. The van der Waals surface area contributed by atoms with Crippen LogP contribution in [0.5, 0.6) is 0 Å². The van der Waals surface area contributed by atoms with E-state index in [2.05, 4.69) is 34.3 Å². The van der Waals surface area contributed by atoms with Crippen LogP contribution in [0.1, 0.15) is 38.7 Å². The number of hydrogen-bond donors (Lipinski definition) is 1. The molecule has 0 atom stereocenters. The van der Waals surface area contributed by atoms with Gasteiger partial charge in [-0.05, 0) is 55.6 Å². The minimum atomic E-state index is -0.0362. The lowest BCUT2D eigenvalue weighted by Gasteiger charge is -2.23. The molecule has 1 aromatic rings. The monoisotopic (exact) mass is 365 g/mol. The Morgan fingerprint density at radius 1 is 1.33 bits per heavy atom. The summed E-state index contributed by atoms with van der Waals surface area (Å²) in [6, 6.07) is 8.18. The van der Waals surface area contributed by atoms with Gasteiger partial charge in [-0.3, -0.25) is 9.79 Å². The predicted molar refractivity (Wildman–Crippen MR) is 105 cm³/mol. The molecule has 1 N–H and O–H groups in total. The van der Waals surface area contributed by atoms with E-state index in [1.807, 2.05) is 19.1 Å². The van der Waals surface area contributed by atoms with E-state index in [1.165, 1.54) is 30.2 Å². The molecule has 1 amide bonds. The lowest BCUT2D eigenvalue weighted by molar-refractivity contribution is -0.112. The van der Waals surface area contributed by atoms with Gasteiger partial charge in [0.2, 0.25) is 0 Å². The number of unbranched alkanes of at least 4 members (excludes halogenated alkanes) is 1. The van der Waals surface area contributed by atoms with Crippen molar-refractivity contribution in [2.24, 2.45) is 4.99 Å². The molecular formula is C18H24ClN3OS. The van der Waals surface area contributed by atoms with Gasteiger partial charge in [-0.2, -0.15) is 0 Å². The van der Waals surface area contributed by atoms with Crippen molar-refractivity contribution in [3.8, 4) is 0 Å². The van der Waals surface area contributed by atoms with Gasteiger partial charge < -0.3 is 10.2 Å². The third-order valence-electron chi connectivity index (χ3n) is 4.18. The van der Waals surface area contributed by atoms with E-state index in [0.717, 1.165) is 47.4 Å². The molecule has 4 nitrogen and oxygen atoms in total. The number of thioether (sulfide) groups is 1. The zero-order chi connectivity index (χ0) is 16.2. The number of anilines is 1. The highest BCUT2D eigenvalue weighted by molar-refractivity contribution is 8.18. The first-order chi connectivity index (χ1) is 11.2. The Morgan fingerprint density at radius 3 is 2.75 bits per heavy atom. The Hall–Kier alpha value is -1.46. The molecule has 0 bridgehead atoms. The van der Waals surface area contributed by atoms with Crippen LogP contribution in [-0.4, -0.2) is 29.1 Å². The lowest BCUT2D eigenvalue weighted by Crippen LogP contribution is -2.28. The average molecular weight is 366 g/mol. The molecule has 0 aliphatic carbocycles. The fraction of sp³-hybridized carbons (Fsp3) is 0.444. The number of halogens is 1. The topological polar surface area (TPSA) is 44.7 Å². The van der Waals surface area contributed by atoms with E-state index in [9.17, 15) is 4.79 Å². The third-order valence-corrected chi connectivity index (χ3v) is 5.40. The summed E-state index contributed by atoms with van der Waals surface area (Å²) < 4.78 is 0. The Labute approximate surface area is 154 Å². The molecule has 1 aromatic carbocycles. The van der Waals surface area contributed by atoms with Gasteiger partial charge in [0.25, 0.3) is 5.91 Å². The summed E-state index contributed by atoms with van der Waals surface area (Å²) in [6.45, 7) is 6.02. The maximum absolute atomic E-state index is 12.6. The molecule has 0 fully saturated rings. The van der Waals surface area contributed by atoms with E-state index >= 15 is 0 Å². The van der Waals surface area contributed by atoms with Crippen molar-refractivity contribution in [1.82, 2.24) is 4.90 Å². The molecule has 6 heteroatoms. The van der Waals surface area contributed by atoms with Gasteiger partial charge in [0.05, 0.1) is 4.91 Å². The van der Waals surface area contributed by atoms with Crippen molar-refractivity contribution >= 4 is 40.9 Å². The van der Waals surface area contributed by atoms with Crippen molar-refractivity contribution in [1.29, 1.82) is 0 Å². The number of fused-ring (bicyclic) bond motifs is 1. The van der Waals surface area contributed by atoms with Crippen LogP contribution in [0.3, 0.4) is 0 Å². The molecule has 3 rings (SSSR count). The molecular weight excluding hydrogens is 342 g/mol. The van der Waals surface area contributed by atoms with Crippen molar-refractivity contribution < 1.29 is 4.79 Å². The summed E-state index contributed by atoms with van der Waals surface area (Å²) >= 11 is 1.49. The van der Waals surface area contributed by atoms with Gasteiger partial charge in [-0.25, -0.2) is 0 Å². The second-order valence-corrected chi connectivity index (χ2v) is 6.92. The number of hydrogen-bond acceptors (Lipinski definition) is 4. The molecule has 0 aromatic heterocycles. The van der Waals surface area contributed by atoms with Crippen LogP contribution in [0.15, 0.2) is 39.9 Å². The van der Waals surface area contributed by atoms with Crippen molar-refractivity contribution in [3.63, 3.8) is 0 Å². The number of nitrogens with zero attached hydrogens (tertiary/aromatic N) is 2. The van der Waals surface area contributed by atoms with Crippen molar-refractivity contribution in [2.75, 3.05) is 18.4 Å². The number of carbonyl (C=O) groups excluding carboxylic acids is 1. The smallest absolute Gasteiger partial charge is 0.264 e. The number of nitrogens with one attached hydrogen (secondary N) is 1. The number of aryl methyl sites for hydroxylation is 1. The molecule has 0 unspecified atom stereocenters. The molecule has 130 valence electrons. The molecule has 2 aliphatic rings. The first kappa shape index (κ1) is 18.9. The normalized spacial score (nSPS) is 16.4. The molecule has 24 heavy (non-hydrogen) atoms. The van der Waals surface area contributed by atoms with Crippen LogP contribution < -0.4 is 5.32 Å². The fourth-order valence-corrected chi connectivity index (χ4v) is 3.88. The van der Waals surface area contributed by atoms with Crippen LogP contribution >= 0.6 is 24.2 Å². The summed E-state index contributed by atoms with van der Waals surface area (Å²) in [4.78, 5) is 20.0. The summed E-state index contributed by atoms with van der Waals surface area (Å²) in [6.07, 6.45) is 4.55. The summed E-state index contributed by atoms with van der Waals surface area (Å²) in [5.74, 6) is -0.0362. The Morgan fingerprint density at radius 2 is 2.08 bits per heavy atom. The van der Waals surface area contributed by atoms with E-state index in [0.29, 0.717) is 0 Å². The third kappa shape index (κ3) is 4.14. The van der Waals surface area contributed by atoms with Crippen molar-refractivity contribution in [2.45, 2.75) is 39.5 Å². The van der Waals surface area contributed by atoms with Gasteiger partial charge in [-0.15, -0.1) is 12.4 Å². The second kappa shape index (κ2) is 8.58.